The molecule has 0 saturated carbocycles. The van der Waals surface area contributed by atoms with E-state index >= 15 is 0 Å². The molecule has 106 valence electrons. The zero-order valence-electron chi connectivity index (χ0n) is 11.5. The van der Waals surface area contributed by atoms with E-state index in [0.29, 0.717) is 0 Å². The Morgan fingerprint density at radius 3 is 2.67 bits per heavy atom. The van der Waals surface area contributed by atoms with E-state index in [9.17, 15) is 0 Å². The second-order valence-corrected chi connectivity index (χ2v) is 5.91. The molecule has 0 saturated heterocycles. The Kier molecular flexibility index (Phi) is 4.29. The van der Waals surface area contributed by atoms with Crippen LogP contribution in [0, 0.1) is 0 Å². The van der Waals surface area contributed by atoms with Crippen molar-refractivity contribution in [3.05, 3.63) is 76.5 Å². The molecule has 1 atom stereocenters. The summed E-state index contributed by atoms with van der Waals surface area (Å²) in [4.78, 5) is 4.23. The highest BCUT2D eigenvalue weighted by atomic mass is 79.9. The Labute approximate surface area is 132 Å². The largest absolute Gasteiger partial charge is 0.271 e. The predicted octanol–water partition coefficient (Wildman–Crippen LogP) is 3.74. The molecule has 3 aromatic rings. The maximum Gasteiger partial charge on any atom is 0.0507 e. The summed E-state index contributed by atoms with van der Waals surface area (Å²) in [6.07, 6.45) is 4.54. The SMILES string of the molecule is NNC(Cc1ccc(Br)cc1)c1cccc2ccncc12. The molecule has 0 aliphatic carbocycles. The van der Waals surface area contributed by atoms with E-state index in [1.165, 1.54) is 16.5 Å². The van der Waals surface area contributed by atoms with Gasteiger partial charge in [0.25, 0.3) is 0 Å². The molecule has 3 nitrogen and oxygen atoms in total. The standard InChI is InChI=1S/C17H16BrN3/c18-14-6-4-12(5-7-14)10-17(21-19)15-3-1-2-13-8-9-20-11-16(13)15/h1-9,11,17,21H,10,19H2. The molecule has 0 radical (unpaired) electrons. The number of benzene rings is 2. The Balaban J connectivity index is 1.96. The van der Waals surface area contributed by atoms with Crippen LogP contribution in [-0.2, 0) is 6.42 Å². The first-order valence-electron chi connectivity index (χ1n) is 6.81. The molecule has 0 aliphatic rings. The van der Waals surface area contributed by atoms with Crippen molar-refractivity contribution in [2.75, 3.05) is 0 Å². The monoisotopic (exact) mass is 341 g/mol. The average molecular weight is 342 g/mol. The minimum Gasteiger partial charge on any atom is -0.271 e. The summed E-state index contributed by atoms with van der Waals surface area (Å²) in [5.74, 6) is 5.79. The van der Waals surface area contributed by atoms with Gasteiger partial charge in [-0.2, -0.15) is 0 Å². The first-order chi connectivity index (χ1) is 10.3. The van der Waals surface area contributed by atoms with Gasteiger partial charge in [0.05, 0.1) is 6.04 Å². The van der Waals surface area contributed by atoms with Crippen molar-refractivity contribution in [3.63, 3.8) is 0 Å². The maximum absolute atomic E-state index is 5.79. The van der Waals surface area contributed by atoms with Gasteiger partial charge >= 0.3 is 0 Å². The van der Waals surface area contributed by atoms with Crippen molar-refractivity contribution < 1.29 is 0 Å². The lowest BCUT2D eigenvalue weighted by atomic mass is 9.95. The van der Waals surface area contributed by atoms with Gasteiger partial charge in [-0.05, 0) is 41.1 Å². The fourth-order valence-corrected chi connectivity index (χ4v) is 2.82. The van der Waals surface area contributed by atoms with Crippen molar-refractivity contribution in [1.29, 1.82) is 0 Å². The summed E-state index contributed by atoms with van der Waals surface area (Å²) in [6.45, 7) is 0. The molecule has 0 amide bonds. The van der Waals surface area contributed by atoms with Crippen LogP contribution in [0.4, 0.5) is 0 Å². The third-order valence-electron chi connectivity index (χ3n) is 3.65. The van der Waals surface area contributed by atoms with Gasteiger partial charge in [0.1, 0.15) is 0 Å². The molecule has 0 aliphatic heterocycles. The summed E-state index contributed by atoms with van der Waals surface area (Å²) in [6, 6.07) is 16.6. The van der Waals surface area contributed by atoms with Gasteiger partial charge in [-0.15, -0.1) is 0 Å². The lowest BCUT2D eigenvalue weighted by Gasteiger charge is -2.18. The van der Waals surface area contributed by atoms with Crippen molar-refractivity contribution in [1.82, 2.24) is 10.4 Å². The predicted molar refractivity (Wildman–Crippen MR) is 89.7 cm³/mol. The number of aromatic nitrogens is 1. The molecule has 2 aromatic carbocycles. The van der Waals surface area contributed by atoms with E-state index in [1.54, 1.807) is 0 Å². The summed E-state index contributed by atoms with van der Waals surface area (Å²) in [5.41, 5.74) is 5.34. The fourth-order valence-electron chi connectivity index (χ4n) is 2.56. The molecule has 3 N–H and O–H groups in total. The zero-order valence-corrected chi connectivity index (χ0v) is 13.0. The Morgan fingerprint density at radius 2 is 1.90 bits per heavy atom. The highest BCUT2D eigenvalue weighted by Gasteiger charge is 2.13. The minimum absolute atomic E-state index is 0.0547. The van der Waals surface area contributed by atoms with Crippen LogP contribution in [0.3, 0.4) is 0 Å². The molecule has 1 unspecified atom stereocenters. The van der Waals surface area contributed by atoms with Crippen LogP contribution >= 0.6 is 15.9 Å². The average Bonchev–Trinajstić information content (AvgIpc) is 2.54. The summed E-state index contributed by atoms with van der Waals surface area (Å²) < 4.78 is 1.08. The van der Waals surface area contributed by atoms with Crippen LogP contribution in [0.25, 0.3) is 10.8 Å². The summed E-state index contributed by atoms with van der Waals surface area (Å²) >= 11 is 3.46. The molecule has 0 bridgehead atoms. The maximum atomic E-state index is 5.79. The number of halogens is 1. The quantitative estimate of drug-likeness (QED) is 0.561. The number of nitrogens with one attached hydrogen (secondary N) is 1. The van der Waals surface area contributed by atoms with Gasteiger partial charge in [-0.3, -0.25) is 16.3 Å². The molecule has 4 heteroatoms. The smallest absolute Gasteiger partial charge is 0.0507 e. The van der Waals surface area contributed by atoms with Crippen LogP contribution in [0.1, 0.15) is 17.2 Å². The van der Waals surface area contributed by atoms with E-state index < -0.39 is 0 Å². The lowest BCUT2D eigenvalue weighted by molar-refractivity contribution is 0.555. The molecular weight excluding hydrogens is 326 g/mol. The third-order valence-corrected chi connectivity index (χ3v) is 4.18. The number of fused-ring (bicyclic) bond motifs is 1. The summed E-state index contributed by atoms with van der Waals surface area (Å²) in [7, 11) is 0. The fraction of sp³-hybridized carbons (Fsp3) is 0.118. The third kappa shape index (κ3) is 3.13. The molecule has 0 fully saturated rings. The van der Waals surface area contributed by atoms with Gasteiger partial charge in [0, 0.05) is 22.3 Å². The van der Waals surface area contributed by atoms with Crippen LogP contribution in [0.5, 0.6) is 0 Å². The van der Waals surface area contributed by atoms with Crippen molar-refractivity contribution in [2.45, 2.75) is 12.5 Å². The molecule has 1 aromatic heterocycles. The van der Waals surface area contributed by atoms with Crippen molar-refractivity contribution >= 4 is 26.7 Å². The highest BCUT2D eigenvalue weighted by molar-refractivity contribution is 9.10. The number of hydrazine groups is 1. The summed E-state index contributed by atoms with van der Waals surface area (Å²) in [5, 5.41) is 2.32. The van der Waals surface area contributed by atoms with Crippen molar-refractivity contribution in [3.8, 4) is 0 Å². The second kappa shape index (κ2) is 6.35. The molecule has 3 rings (SSSR count). The van der Waals surface area contributed by atoms with E-state index in [4.69, 9.17) is 5.84 Å². The number of nitrogens with zero attached hydrogens (tertiary/aromatic N) is 1. The number of hydrogen-bond donors (Lipinski definition) is 2. The van der Waals surface area contributed by atoms with E-state index in [1.807, 2.05) is 30.6 Å². The zero-order chi connectivity index (χ0) is 14.7. The number of pyridine rings is 1. The minimum atomic E-state index is 0.0547. The Bertz CT molecular complexity index is 735. The van der Waals surface area contributed by atoms with E-state index in [-0.39, 0.29) is 6.04 Å². The van der Waals surface area contributed by atoms with Gasteiger partial charge in [-0.25, -0.2) is 0 Å². The van der Waals surface area contributed by atoms with Gasteiger partial charge in [-0.1, -0.05) is 46.3 Å². The number of nitrogens with two attached hydrogens (primary N) is 1. The van der Waals surface area contributed by atoms with Crippen LogP contribution < -0.4 is 11.3 Å². The molecule has 21 heavy (non-hydrogen) atoms. The van der Waals surface area contributed by atoms with Gasteiger partial charge in [0.2, 0.25) is 0 Å². The number of hydrogen-bond acceptors (Lipinski definition) is 3. The first kappa shape index (κ1) is 14.2. The Morgan fingerprint density at radius 1 is 1.10 bits per heavy atom. The Hall–Kier alpha value is -1.75. The van der Waals surface area contributed by atoms with Crippen molar-refractivity contribution in [2.24, 2.45) is 5.84 Å². The first-order valence-corrected chi connectivity index (χ1v) is 7.60. The van der Waals surface area contributed by atoms with E-state index in [0.717, 1.165) is 16.3 Å². The van der Waals surface area contributed by atoms with E-state index in [2.05, 4.69) is 56.7 Å². The van der Waals surface area contributed by atoms with Gasteiger partial charge in [0.15, 0.2) is 0 Å². The topological polar surface area (TPSA) is 50.9 Å². The van der Waals surface area contributed by atoms with Crippen LogP contribution in [0.2, 0.25) is 0 Å². The van der Waals surface area contributed by atoms with Crippen LogP contribution in [0.15, 0.2) is 65.4 Å². The number of rotatable bonds is 4. The molecule has 1 heterocycles. The molecular formula is C17H16BrN3. The second-order valence-electron chi connectivity index (χ2n) is 4.99. The normalized spacial score (nSPS) is 12.5. The highest BCUT2D eigenvalue weighted by Crippen LogP contribution is 2.26. The van der Waals surface area contributed by atoms with Gasteiger partial charge < -0.3 is 0 Å². The molecule has 0 spiro atoms. The van der Waals surface area contributed by atoms with Crippen LogP contribution in [-0.4, -0.2) is 4.98 Å². The lowest BCUT2D eigenvalue weighted by Crippen LogP contribution is -2.29.